The summed E-state index contributed by atoms with van der Waals surface area (Å²) in [6.45, 7) is 0. The zero-order valence-corrected chi connectivity index (χ0v) is 41.2. The SMILES string of the molecule is Nc1cc(C2(c3cc(N)c(O)c(C45CC6CC(CC(C6)C4)C5)c3)c3cc(C45CC6CC(CC(C6)C4)C5)ccc3-c3ccc(C45CC6CC(CC(C6)C4)C5)cc32)cc(C23CC4CC(CC(C4)C2)C3)c1O. The molecule has 4 aromatic rings. The van der Waals surface area contributed by atoms with Gasteiger partial charge in [0.15, 0.2) is 0 Å². The number of phenols is 2. The molecule has 0 aromatic heterocycles. The lowest BCUT2D eigenvalue weighted by molar-refractivity contribution is -0.00622. The summed E-state index contributed by atoms with van der Waals surface area (Å²) in [5.41, 5.74) is 28.9. The second-order valence-corrected chi connectivity index (χ2v) is 29.0. The molecule has 0 radical (unpaired) electrons. The van der Waals surface area contributed by atoms with Crippen molar-refractivity contribution in [2.24, 2.45) is 71.0 Å². The monoisotopic (exact) mass is 917 g/mol. The van der Waals surface area contributed by atoms with Crippen LogP contribution in [0.15, 0.2) is 60.7 Å². The van der Waals surface area contributed by atoms with Crippen molar-refractivity contribution in [1.29, 1.82) is 0 Å². The van der Waals surface area contributed by atoms with Crippen LogP contribution >= 0.6 is 0 Å². The maximum absolute atomic E-state index is 12.6. The Labute approximate surface area is 411 Å². The third kappa shape index (κ3) is 5.39. The predicted octanol–water partition coefficient (Wildman–Crippen LogP) is 14.5. The first kappa shape index (κ1) is 40.7. The van der Waals surface area contributed by atoms with E-state index >= 15 is 0 Å². The quantitative estimate of drug-likeness (QED) is 0.101. The molecule has 6 N–H and O–H groups in total. The van der Waals surface area contributed by atoms with Gasteiger partial charge in [0.2, 0.25) is 0 Å². The first-order valence-corrected chi connectivity index (χ1v) is 29.0. The lowest BCUT2D eigenvalue weighted by Gasteiger charge is -2.57. The summed E-state index contributed by atoms with van der Waals surface area (Å²) in [5, 5.41) is 25.2. The summed E-state index contributed by atoms with van der Waals surface area (Å²) >= 11 is 0. The zero-order valence-electron chi connectivity index (χ0n) is 41.2. The third-order valence-corrected chi connectivity index (χ3v) is 24.8. The van der Waals surface area contributed by atoms with Gasteiger partial charge in [-0.05, 0) is 316 Å². The molecule has 0 saturated heterocycles. The molecule has 0 spiro atoms. The molecule has 0 heterocycles. The Kier molecular flexibility index (Phi) is 7.88. The fourth-order valence-corrected chi connectivity index (χ4v) is 24.1. The average Bonchev–Trinajstić information content (AvgIpc) is 3.59. The van der Waals surface area contributed by atoms with Crippen molar-refractivity contribution < 1.29 is 10.2 Å². The van der Waals surface area contributed by atoms with Crippen molar-refractivity contribution in [2.75, 3.05) is 11.5 Å². The van der Waals surface area contributed by atoms with Crippen molar-refractivity contribution in [3.05, 3.63) is 105 Å². The van der Waals surface area contributed by atoms with Crippen LogP contribution in [-0.2, 0) is 27.1 Å². The van der Waals surface area contributed by atoms with E-state index in [1.54, 1.807) is 11.1 Å². The molecular weight excluding hydrogens is 841 g/mol. The molecule has 4 heteroatoms. The zero-order chi connectivity index (χ0) is 45.6. The van der Waals surface area contributed by atoms with Crippen LogP contribution in [0.3, 0.4) is 0 Å². The Morgan fingerprint density at radius 2 is 0.551 bits per heavy atom. The molecular formula is C65H76N2O2. The van der Waals surface area contributed by atoms with Crippen LogP contribution in [-0.4, -0.2) is 10.2 Å². The van der Waals surface area contributed by atoms with Gasteiger partial charge in [-0.15, -0.1) is 0 Å². The summed E-state index contributed by atoms with van der Waals surface area (Å²) in [6.07, 6.45) is 31.8. The van der Waals surface area contributed by atoms with E-state index in [1.807, 2.05) is 0 Å². The van der Waals surface area contributed by atoms with Gasteiger partial charge < -0.3 is 21.7 Å². The molecule has 4 aromatic carbocycles. The number of phenolic OH excluding ortho intramolecular Hbond substituents is 2. The van der Waals surface area contributed by atoms with Crippen LogP contribution in [0.5, 0.6) is 11.5 Å². The van der Waals surface area contributed by atoms with Crippen LogP contribution in [0.1, 0.15) is 199 Å². The summed E-state index contributed by atoms with van der Waals surface area (Å²) in [6, 6.07) is 25.4. The van der Waals surface area contributed by atoms with E-state index in [4.69, 9.17) is 11.5 Å². The van der Waals surface area contributed by atoms with Crippen LogP contribution in [0, 0.1) is 71.0 Å². The first-order chi connectivity index (χ1) is 33.4. The predicted molar refractivity (Wildman–Crippen MR) is 275 cm³/mol. The van der Waals surface area contributed by atoms with E-state index in [9.17, 15) is 10.2 Å². The topological polar surface area (TPSA) is 92.5 Å². The van der Waals surface area contributed by atoms with Gasteiger partial charge in [0.25, 0.3) is 0 Å². The normalized spacial score (nSPS) is 46.0. The number of nitrogens with two attached hydrogens (primary N) is 2. The molecule has 16 bridgehead atoms. The lowest BCUT2D eigenvalue weighted by atomic mass is 9.47. The van der Waals surface area contributed by atoms with Gasteiger partial charge in [-0.2, -0.15) is 0 Å². The Bertz CT molecular complexity index is 2560. The number of anilines is 2. The maximum Gasteiger partial charge on any atom is 0.142 e. The number of fused-ring (bicyclic) bond motifs is 3. The molecule has 0 unspecified atom stereocenters. The Morgan fingerprint density at radius 1 is 0.304 bits per heavy atom. The highest BCUT2D eigenvalue weighted by Gasteiger charge is 2.59. The minimum absolute atomic E-state index is 0.0468. The molecule has 0 atom stereocenters. The maximum atomic E-state index is 12.6. The fraction of sp³-hybridized carbons (Fsp3) is 0.631. The Morgan fingerprint density at radius 3 is 0.826 bits per heavy atom. The van der Waals surface area contributed by atoms with E-state index < -0.39 is 5.41 Å². The number of hydrogen-bond acceptors (Lipinski definition) is 4. The summed E-state index contributed by atoms with van der Waals surface area (Å²) in [7, 11) is 0. The molecule has 0 amide bonds. The second-order valence-electron chi connectivity index (χ2n) is 29.0. The van der Waals surface area contributed by atoms with Crippen LogP contribution in [0.2, 0.25) is 0 Å². The number of aromatic hydroxyl groups is 2. The van der Waals surface area contributed by atoms with E-state index in [1.165, 1.54) is 187 Å². The molecule has 358 valence electrons. The van der Waals surface area contributed by atoms with Gasteiger partial charge in [-0.3, -0.25) is 0 Å². The van der Waals surface area contributed by atoms with Gasteiger partial charge >= 0.3 is 0 Å². The standard InChI is InChI=1S/C65H76N2O2/c66-57-21-49(19-55(59(57)68)63-29-41-11-42(30-63)13-43(12-41)31-63)65(50-20-56(60(69)58(67)22-50)64-32-44-14-45(33-64)16-46(15-44)34-64)53-17-47(61-23-35-5-36(24-61)7-37(6-35)25-61)1-3-51(53)52-4-2-48(18-54(52)65)62-26-38-8-39(27-62)10-40(9-38)28-62/h1-4,17-22,35-46,68-69H,5-16,23-34,66-67H2. The van der Waals surface area contributed by atoms with E-state index in [-0.39, 0.29) is 21.7 Å². The smallest absolute Gasteiger partial charge is 0.142 e. The van der Waals surface area contributed by atoms with Crippen molar-refractivity contribution in [3.63, 3.8) is 0 Å². The molecule has 16 fully saturated rings. The number of rotatable bonds is 6. The van der Waals surface area contributed by atoms with E-state index in [0.717, 1.165) is 82.1 Å². The highest BCUT2D eigenvalue weighted by atomic mass is 16.3. The highest BCUT2D eigenvalue weighted by Crippen LogP contribution is 2.69. The largest absolute Gasteiger partial charge is 0.505 e. The number of hydrogen-bond donors (Lipinski definition) is 4. The molecule has 0 aliphatic heterocycles. The molecule has 4 nitrogen and oxygen atoms in total. The second kappa shape index (κ2) is 13.4. The molecule has 69 heavy (non-hydrogen) atoms. The third-order valence-electron chi connectivity index (χ3n) is 24.8. The van der Waals surface area contributed by atoms with Gasteiger partial charge in [-0.25, -0.2) is 0 Å². The van der Waals surface area contributed by atoms with Crippen molar-refractivity contribution in [2.45, 2.75) is 181 Å². The first-order valence-electron chi connectivity index (χ1n) is 29.0. The van der Waals surface area contributed by atoms with Crippen molar-refractivity contribution in [3.8, 4) is 22.6 Å². The van der Waals surface area contributed by atoms with E-state index in [2.05, 4.69) is 60.7 Å². The number of benzene rings is 4. The number of nitrogen functional groups attached to an aromatic ring is 2. The molecule has 17 aliphatic carbocycles. The Balaban J connectivity index is 0.956. The summed E-state index contributed by atoms with van der Waals surface area (Å²) in [4.78, 5) is 0. The minimum Gasteiger partial charge on any atom is -0.505 e. The summed E-state index contributed by atoms with van der Waals surface area (Å²) in [5.74, 6) is 10.3. The highest BCUT2D eigenvalue weighted by molar-refractivity contribution is 5.88. The van der Waals surface area contributed by atoms with Crippen molar-refractivity contribution in [1.82, 2.24) is 0 Å². The fourth-order valence-electron chi connectivity index (χ4n) is 24.1. The van der Waals surface area contributed by atoms with Crippen LogP contribution < -0.4 is 11.5 Å². The van der Waals surface area contributed by atoms with Gasteiger partial charge in [0.1, 0.15) is 11.5 Å². The molecule has 17 aliphatic rings. The van der Waals surface area contributed by atoms with Gasteiger partial charge in [0.05, 0.1) is 16.8 Å². The van der Waals surface area contributed by atoms with E-state index in [0.29, 0.717) is 22.9 Å². The minimum atomic E-state index is -0.737. The molecule has 21 rings (SSSR count). The van der Waals surface area contributed by atoms with Crippen LogP contribution in [0.25, 0.3) is 11.1 Å². The van der Waals surface area contributed by atoms with Crippen molar-refractivity contribution >= 4 is 11.4 Å². The molecule has 16 saturated carbocycles. The lowest BCUT2D eigenvalue weighted by Crippen LogP contribution is -2.49. The van der Waals surface area contributed by atoms with Crippen LogP contribution in [0.4, 0.5) is 11.4 Å². The summed E-state index contributed by atoms with van der Waals surface area (Å²) < 4.78 is 0. The Hall–Kier alpha value is -3.92. The van der Waals surface area contributed by atoms with Gasteiger partial charge in [0, 0.05) is 11.1 Å². The average molecular weight is 917 g/mol. The van der Waals surface area contributed by atoms with Gasteiger partial charge in [-0.1, -0.05) is 36.4 Å².